The summed E-state index contributed by atoms with van der Waals surface area (Å²) >= 11 is 0. The van der Waals surface area contributed by atoms with Gasteiger partial charge in [-0.1, -0.05) is 36.4 Å². The van der Waals surface area contributed by atoms with Crippen molar-refractivity contribution in [2.24, 2.45) is 0 Å². The molecule has 1 amide bonds. The summed E-state index contributed by atoms with van der Waals surface area (Å²) in [6.07, 6.45) is 1.73. The molecule has 0 saturated carbocycles. The summed E-state index contributed by atoms with van der Waals surface area (Å²) < 4.78 is 2.09. The third-order valence-corrected chi connectivity index (χ3v) is 4.98. The van der Waals surface area contributed by atoms with Crippen molar-refractivity contribution >= 4 is 33.5 Å². The van der Waals surface area contributed by atoms with Crippen LogP contribution in [0.4, 0.5) is 5.69 Å². The summed E-state index contributed by atoms with van der Waals surface area (Å²) in [5.41, 5.74) is 4.83. The fourth-order valence-corrected chi connectivity index (χ4v) is 3.64. The zero-order valence-electron chi connectivity index (χ0n) is 15.8. The van der Waals surface area contributed by atoms with Crippen LogP contribution in [-0.4, -0.2) is 20.4 Å². The van der Waals surface area contributed by atoms with E-state index in [-0.39, 0.29) is 5.91 Å². The zero-order chi connectivity index (χ0) is 19.8. The number of benzene rings is 3. The number of fused-ring (bicyclic) bond motifs is 2. The summed E-state index contributed by atoms with van der Waals surface area (Å²) in [5.74, 6) is 0.693. The molecule has 0 radical (unpaired) electrons. The van der Waals surface area contributed by atoms with Crippen LogP contribution < -0.4 is 5.32 Å². The SMILES string of the molecule is Cc1nc2cc(C(=O)Nc3cccc4cccnc34)ccc2n1-c1ccccc1. The van der Waals surface area contributed by atoms with Crippen LogP contribution in [0.1, 0.15) is 16.2 Å². The van der Waals surface area contributed by atoms with Gasteiger partial charge in [-0.15, -0.1) is 0 Å². The number of aryl methyl sites for hydroxylation is 1. The molecule has 0 bridgehead atoms. The molecule has 0 spiro atoms. The van der Waals surface area contributed by atoms with Gasteiger partial charge in [-0.05, 0) is 49.4 Å². The number of nitrogens with zero attached hydrogens (tertiary/aromatic N) is 3. The van der Waals surface area contributed by atoms with Gasteiger partial charge in [0.25, 0.3) is 5.91 Å². The van der Waals surface area contributed by atoms with E-state index in [1.54, 1.807) is 6.20 Å². The Morgan fingerprint density at radius 1 is 0.931 bits per heavy atom. The maximum Gasteiger partial charge on any atom is 0.255 e. The number of carbonyl (C=O) groups excluding carboxylic acids is 1. The minimum Gasteiger partial charge on any atom is -0.320 e. The van der Waals surface area contributed by atoms with Crippen molar-refractivity contribution in [1.29, 1.82) is 0 Å². The van der Waals surface area contributed by atoms with Crippen molar-refractivity contribution < 1.29 is 4.79 Å². The number of pyridine rings is 1. The Balaban J connectivity index is 1.51. The van der Waals surface area contributed by atoms with Crippen molar-refractivity contribution in [3.05, 3.63) is 96.4 Å². The molecule has 3 aromatic carbocycles. The van der Waals surface area contributed by atoms with Crippen LogP contribution in [0, 0.1) is 6.92 Å². The number of imidazole rings is 1. The second-order valence-electron chi connectivity index (χ2n) is 6.87. The second kappa shape index (κ2) is 6.87. The molecule has 0 atom stereocenters. The van der Waals surface area contributed by atoms with E-state index in [2.05, 4.69) is 19.9 Å². The van der Waals surface area contributed by atoms with E-state index in [9.17, 15) is 4.79 Å². The molecule has 0 unspecified atom stereocenters. The lowest BCUT2D eigenvalue weighted by atomic mass is 10.1. The van der Waals surface area contributed by atoms with E-state index < -0.39 is 0 Å². The normalized spacial score (nSPS) is 11.1. The van der Waals surface area contributed by atoms with Gasteiger partial charge in [-0.25, -0.2) is 4.98 Å². The molecular weight excluding hydrogens is 360 g/mol. The van der Waals surface area contributed by atoms with E-state index in [1.807, 2.05) is 85.8 Å². The number of amides is 1. The van der Waals surface area contributed by atoms with Crippen molar-refractivity contribution in [2.75, 3.05) is 5.32 Å². The van der Waals surface area contributed by atoms with Crippen molar-refractivity contribution in [1.82, 2.24) is 14.5 Å². The number of rotatable bonds is 3. The van der Waals surface area contributed by atoms with Gasteiger partial charge in [0.1, 0.15) is 5.82 Å². The maximum absolute atomic E-state index is 12.9. The predicted octanol–water partition coefficient (Wildman–Crippen LogP) is 5.13. The monoisotopic (exact) mass is 378 g/mol. The molecule has 2 aromatic heterocycles. The summed E-state index contributed by atoms with van der Waals surface area (Å²) in [7, 11) is 0. The van der Waals surface area contributed by atoms with Gasteiger partial charge in [0.2, 0.25) is 0 Å². The number of aromatic nitrogens is 3. The number of carbonyl (C=O) groups is 1. The third kappa shape index (κ3) is 3.02. The molecule has 140 valence electrons. The number of hydrogen-bond acceptors (Lipinski definition) is 3. The fraction of sp³-hybridized carbons (Fsp3) is 0.0417. The second-order valence-corrected chi connectivity index (χ2v) is 6.87. The zero-order valence-corrected chi connectivity index (χ0v) is 15.8. The minimum absolute atomic E-state index is 0.183. The van der Waals surface area contributed by atoms with Crippen molar-refractivity contribution in [2.45, 2.75) is 6.92 Å². The Labute approximate surface area is 167 Å². The van der Waals surface area contributed by atoms with Gasteiger partial charge in [-0.2, -0.15) is 0 Å². The highest BCUT2D eigenvalue weighted by atomic mass is 16.1. The first-order chi connectivity index (χ1) is 14.2. The van der Waals surface area contributed by atoms with Crippen molar-refractivity contribution in [3.63, 3.8) is 0 Å². The Hall–Kier alpha value is -3.99. The van der Waals surface area contributed by atoms with Crippen LogP contribution in [0.5, 0.6) is 0 Å². The Bertz CT molecular complexity index is 1350. The van der Waals surface area contributed by atoms with Gasteiger partial charge in [0, 0.05) is 22.8 Å². The standard InChI is InChI=1S/C24H18N4O/c1-16-26-21-15-18(12-13-22(21)28(16)19-9-3-2-4-10-19)24(29)27-20-11-5-7-17-8-6-14-25-23(17)20/h2-15H,1H3,(H,27,29). The highest BCUT2D eigenvalue weighted by molar-refractivity contribution is 6.09. The van der Waals surface area contributed by atoms with Crippen LogP contribution in [0.2, 0.25) is 0 Å². The lowest BCUT2D eigenvalue weighted by molar-refractivity contribution is 0.102. The number of para-hydroxylation sites is 2. The average Bonchev–Trinajstić information content (AvgIpc) is 3.09. The molecule has 5 rings (SSSR count). The Morgan fingerprint density at radius 3 is 2.62 bits per heavy atom. The molecule has 29 heavy (non-hydrogen) atoms. The van der Waals surface area contributed by atoms with E-state index in [4.69, 9.17) is 0 Å². The van der Waals surface area contributed by atoms with Crippen LogP contribution in [-0.2, 0) is 0 Å². The van der Waals surface area contributed by atoms with E-state index >= 15 is 0 Å². The first kappa shape index (κ1) is 17.1. The molecule has 1 N–H and O–H groups in total. The minimum atomic E-state index is -0.183. The van der Waals surface area contributed by atoms with E-state index in [0.717, 1.165) is 33.4 Å². The molecular formula is C24H18N4O. The molecule has 2 heterocycles. The van der Waals surface area contributed by atoms with Crippen LogP contribution in [0.15, 0.2) is 85.1 Å². The van der Waals surface area contributed by atoms with E-state index in [0.29, 0.717) is 11.3 Å². The topological polar surface area (TPSA) is 59.8 Å². The van der Waals surface area contributed by atoms with Crippen LogP contribution in [0.25, 0.3) is 27.6 Å². The summed E-state index contributed by atoms with van der Waals surface area (Å²) in [4.78, 5) is 21.9. The molecule has 5 heteroatoms. The third-order valence-electron chi connectivity index (χ3n) is 4.98. The Kier molecular flexibility index (Phi) is 4.06. The maximum atomic E-state index is 12.9. The Morgan fingerprint density at radius 2 is 1.76 bits per heavy atom. The lowest BCUT2D eigenvalue weighted by Gasteiger charge is -2.09. The molecule has 0 aliphatic heterocycles. The van der Waals surface area contributed by atoms with Crippen LogP contribution >= 0.6 is 0 Å². The van der Waals surface area contributed by atoms with E-state index in [1.165, 1.54) is 0 Å². The number of anilines is 1. The van der Waals surface area contributed by atoms with Gasteiger partial charge in [0.15, 0.2) is 0 Å². The molecule has 0 saturated heterocycles. The lowest BCUT2D eigenvalue weighted by Crippen LogP contribution is -2.12. The highest BCUT2D eigenvalue weighted by Crippen LogP contribution is 2.24. The first-order valence-corrected chi connectivity index (χ1v) is 9.40. The fourth-order valence-electron chi connectivity index (χ4n) is 3.64. The van der Waals surface area contributed by atoms with Gasteiger partial charge < -0.3 is 5.32 Å². The first-order valence-electron chi connectivity index (χ1n) is 9.40. The highest BCUT2D eigenvalue weighted by Gasteiger charge is 2.14. The summed E-state index contributed by atoms with van der Waals surface area (Å²) in [5, 5.41) is 3.97. The van der Waals surface area contributed by atoms with Gasteiger partial charge in [0.05, 0.1) is 22.2 Å². The molecule has 0 fully saturated rings. The quantitative estimate of drug-likeness (QED) is 0.473. The smallest absolute Gasteiger partial charge is 0.255 e. The molecule has 5 nitrogen and oxygen atoms in total. The summed E-state index contributed by atoms with van der Waals surface area (Å²) in [6, 6.07) is 25.3. The predicted molar refractivity (Wildman–Crippen MR) is 116 cm³/mol. The van der Waals surface area contributed by atoms with Crippen molar-refractivity contribution in [3.8, 4) is 5.69 Å². The molecule has 5 aromatic rings. The molecule has 0 aliphatic rings. The number of nitrogens with one attached hydrogen (secondary N) is 1. The summed E-state index contributed by atoms with van der Waals surface area (Å²) in [6.45, 7) is 1.97. The van der Waals surface area contributed by atoms with Crippen LogP contribution in [0.3, 0.4) is 0 Å². The number of hydrogen-bond donors (Lipinski definition) is 1. The average molecular weight is 378 g/mol. The van der Waals surface area contributed by atoms with Gasteiger partial charge in [-0.3, -0.25) is 14.3 Å². The van der Waals surface area contributed by atoms with Gasteiger partial charge >= 0.3 is 0 Å². The molecule has 0 aliphatic carbocycles. The largest absolute Gasteiger partial charge is 0.320 e.